The molecule has 6 nitrogen and oxygen atoms in total. The van der Waals surface area contributed by atoms with E-state index in [0.29, 0.717) is 0 Å². The van der Waals surface area contributed by atoms with Gasteiger partial charge in [0.05, 0.1) is 10.5 Å². The molecular formula is C23H20FNO5S. The minimum Gasteiger partial charge on any atom is -0.451 e. The summed E-state index contributed by atoms with van der Waals surface area (Å²) in [6.07, 6.45) is -1.13. The zero-order valence-corrected chi connectivity index (χ0v) is 17.4. The third kappa shape index (κ3) is 5.84. The molecule has 1 unspecified atom stereocenters. The molecule has 0 aliphatic heterocycles. The highest BCUT2D eigenvalue weighted by Crippen LogP contribution is 2.15. The van der Waals surface area contributed by atoms with Crippen LogP contribution in [0.4, 0.5) is 4.39 Å². The largest absolute Gasteiger partial charge is 0.451 e. The van der Waals surface area contributed by atoms with Gasteiger partial charge in [-0.1, -0.05) is 36.4 Å². The summed E-state index contributed by atoms with van der Waals surface area (Å²) in [5.41, 5.74) is 0.972. The summed E-state index contributed by atoms with van der Waals surface area (Å²) in [4.78, 5) is 24.7. The molecule has 0 radical (unpaired) electrons. The van der Waals surface area contributed by atoms with Crippen molar-refractivity contribution in [2.24, 2.45) is 0 Å². The van der Waals surface area contributed by atoms with Gasteiger partial charge in [-0.2, -0.15) is 0 Å². The van der Waals surface area contributed by atoms with Crippen LogP contribution in [0.3, 0.4) is 0 Å². The number of Topliss-reactive ketones (excluding diaryl/α,β-unsaturated/α-hetero) is 1. The SMILES string of the molecule is CC(OC(=O)c1cccc(S(=O)(=O)NCc2ccccc2)c1)C(=O)c1ccc(F)cc1. The van der Waals surface area contributed by atoms with Crippen molar-refractivity contribution in [1.82, 2.24) is 4.72 Å². The summed E-state index contributed by atoms with van der Waals surface area (Å²) in [5, 5.41) is 0. The first-order valence-electron chi connectivity index (χ1n) is 9.41. The summed E-state index contributed by atoms with van der Waals surface area (Å²) < 4.78 is 45.8. The quantitative estimate of drug-likeness (QED) is 0.425. The average Bonchev–Trinajstić information content (AvgIpc) is 2.78. The van der Waals surface area contributed by atoms with E-state index in [1.807, 2.05) is 6.07 Å². The molecule has 3 aromatic rings. The molecule has 0 aliphatic carbocycles. The third-order valence-corrected chi connectivity index (χ3v) is 5.87. The highest BCUT2D eigenvalue weighted by molar-refractivity contribution is 7.89. The minimum absolute atomic E-state index is 0.0126. The Bertz CT molecular complexity index is 1180. The van der Waals surface area contributed by atoms with Crippen molar-refractivity contribution in [2.45, 2.75) is 24.5 Å². The summed E-state index contributed by atoms with van der Waals surface area (Å²) in [7, 11) is -3.87. The summed E-state index contributed by atoms with van der Waals surface area (Å²) >= 11 is 0. The molecule has 0 amide bonds. The highest BCUT2D eigenvalue weighted by atomic mass is 32.2. The number of rotatable bonds is 8. The Morgan fingerprint density at radius 2 is 1.61 bits per heavy atom. The van der Waals surface area contributed by atoms with Gasteiger partial charge in [0.25, 0.3) is 0 Å². The zero-order valence-electron chi connectivity index (χ0n) is 16.6. The number of hydrogen-bond acceptors (Lipinski definition) is 5. The molecule has 0 bridgehead atoms. The fourth-order valence-electron chi connectivity index (χ4n) is 2.78. The van der Waals surface area contributed by atoms with Gasteiger partial charge in [-0.05, 0) is 55.0 Å². The van der Waals surface area contributed by atoms with Crippen molar-refractivity contribution in [3.8, 4) is 0 Å². The third-order valence-electron chi connectivity index (χ3n) is 4.47. The van der Waals surface area contributed by atoms with Crippen molar-refractivity contribution >= 4 is 21.8 Å². The number of nitrogens with one attached hydrogen (secondary N) is 1. The van der Waals surface area contributed by atoms with Gasteiger partial charge in [0, 0.05) is 12.1 Å². The topological polar surface area (TPSA) is 89.5 Å². The summed E-state index contributed by atoms with van der Waals surface area (Å²) in [6.45, 7) is 1.49. The molecule has 8 heteroatoms. The monoisotopic (exact) mass is 441 g/mol. The molecule has 31 heavy (non-hydrogen) atoms. The number of benzene rings is 3. The molecule has 0 fully saturated rings. The second kappa shape index (κ2) is 9.63. The van der Waals surface area contributed by atoms with Crippen LogP contribution in [0, 0.1) is 5.82 Å². The maximum Gasteiger partial charge on any atom is 0.338 e. The fraction of sp³-hybridized carbons (Fsp3) is 0.130. The number of carbonyl (C=O) groups is 2. The molecule has 160 valence electrons. The Kier molecular flexibility index (Phi) is 6.94. The van der Waals surface area contributed by atoms with Crippen molar-refractivity contribution in [2.75, 3.05) is 0 Å². The van der Waals surface area contributed by atoms with E-state index < -0.39 is 33.7 Å². The van der Waals surface area contributed by atoms with Gasteiger partial charge in [0.15, 0.2) is 6.10 Å². The van der Waals surface area contributed by atoms with Crippen molar-refractivity contribution in [3.63, 3.8) is 0 Å². The molecule has 3 aromatic carbocycles. The minimum atomic E-state index is -3.87. The van der Waals surface area contributed by atoms with E-state index in [1.165, 1.54) is 43.3 Å². The van der Waals surface area contributed by atoms with Crippen LogP contribution in [0.25, 0.3) is 0 Å². The normalized spacial score (nSPS) is 12.2. The average molecular weight is 441 g/mol. The Morgan fingerprint density at radius 3 is 2.29 bits per heavy atom. The van der Waals surface area contributed by atoms with E-state index in [9.17, 15) is 22.4 Å². The second-order valence-electron chi connectivity index (χ2n) is 6.76. The number of ether oxygens (including phenoxy) is 1. The smallest absolute Gasteiger partial charge is 0.338 e. The van der Waals surface area contributed by atoms with Crippen LogP contribution in [0.1, 0.15) is 33.2 Å². The lowest BCUT2D eigenvalue weighted by Gasteiger charge is -2.13. The second-order valence-corrected chi connectivity index (χ2v) is 8.52. The van der Waals surface area contributed by atoms with Crippen LogP contribution >= 0.6 is 0 Å². The molecule has 0 saturated heterocycles. The fourth-order valence-corrected chi connectivity index (χ4v) is 3.84. The molecule has 0 heterocycles. The number of halogens is 1. The van der Waals surface area contributed by atoms with Gasteiger partial charge in [-0.15, -0.1) is 0 Å². The van der Waals surface area contributed by atoms with E-state index in [0.717, 1.165) is 17.7 Å². The molecule has 1 N–H and O–H groups in total. The maximum atomic E-state index is 13.0. The number of hydrogen-bond donors (Lipinski definition) is 1. The number of ketones is 1. The lowest BCUT2D eigenvalue weighted by atomic mass is 10.1. The van der Waals surface area contributed by atoms with Gasteiger partial charge in [-0.25, -0.2) is 22.3 Å². The van der Waals surface area contributed by atoms with Crippen molar-refractivity contribution in [3.05, 3.63) is 101 Å². The standard InChI is InChI=1S/C23H20FNO5S/c1-16(22(26)18-10-12-20(24)13-11-18)30-23(27)19-8-5-9-21(14-19)31(28,29)25-15-17-6-3-2-4-7-17/h2-14,16,25H,15H2,1H3. The number of carbonyl (C=O) groups excluding carboxylic acids is 2. The number of sulfonamides is 1. The van der Waals surface area contributed by atoms with Crippen LogP contribution in [0.2, 0.25) is 0 Å². The van der Waals surface area contributed by atoms with Crippen molar-refractivity contribution in [1.29, 1.82) is 0 Å². The first-order valence-corrected chi connectivity index (χ1v) is 10.9. The molecule has 0 aliphatic rings. The van der Waals surface area contributed by atoms with Crippen molar-refractivity contribution < 1.29 is 27.1 Å². The lowest BCUT2D eigenvalue weighted by Crippen LogP contribution is -2.25. The molecule has 3 rings (SSSR count). The van der Waals surface area contributed by atoms with Crippen LogP contribution in [-0.4, -0.2) is 26.3 Å². The first kappa shape index (κ1) is 22.3. The predicted molar refractivity (Wildman–Crippen MR) is 113 cm³/mol. The van der Waals surface area contributed by atoms with E-state index in [2.05, 4.69) is 4.72 Å². The predicted octanol–water partition coefficient (Wildman–Crippen LogP) is 3.73. The van der Waals surface area contributed by atoms with Crippen LogP contribution in [0.15, 0.2) is 83.8 Å². The summed E-state index contributed by atoms with van der Waals surface area (Å²) in [6, 6.07) is 19.2. The van der Waals surface area contributed by atoms with Gasteiger partial charge >= 0.3 is 5.97 Å². The molecular weight excluding hydrogens is 421 g/mol. The van der Waals surface area contributed by atoms with Gasteiger partial charge in [0.1, 0.15) is 5.82 Å². The van der Waals surface area contributed by atoms with Gasteiger partial charge < -0.3 is 4.74 Å². The molecule has 0 aromatic heterocycles. The molecule has 0 saturated carbocycles. The van der Waals surface area contributed by atoms with E-state index in [-0.39, 0.29) is 22.6 Å². The molecule has 0 spiro atoms. The van der Waals surface area contributed by atoms with E-state index >= 15 is 0 Å². The zero-order chi connectivity index (χ0) is 22.4. The Morgan fingerprint density at radius 1 is 0.935 bits per heavy atom. The Hall–Kier alpha value is -3.36. The first-order chi connectivity index (χ1) is 14.8. The van der Waals surface area contributed by atoms with E-state index in [1.54, 1.807) is 24.3 Å². The van der Waals surface area contributed by atoms with Crippen LogP contribution in [-0.2, 0) is 21.3 Å². The highest BCUT2D eigenvalue weighted by Gasteiger charge is 2.22. The Labute approximate surface area is 179 Å². The maximum absolute atomic E-state index is 13.0. The lowest BCUT2D eigenvalue weighted by molar-refractivity contribution is 0.0318. The van der Waals surface area contributed by atoms with Gasteiger partial charge in [-0.3, -0.25) is 4.79 Å². The molecule has 1 atom stereocenters. The summed E-state index contributed by atoms with van der Waals surface area (Å²) in [5.74, 6) is -1.83. The number of esters is 1. The van der Waals surface area contributed by atoms with Crippen LogP contribution in [0.5, 0.6) is 0 Å². The van der Waals surface area contributed by atoms with Gasteiger partial charge in [0.2, 0.25) is 15.8 Å². The van der Waals surface area contributed by atoms with E-state index in [4.69, 9.17) is 4.74 Å². The Balaban J connectivity index is 1.69. The van der Waals surface area contributed by atoms with Crippen LogP contribution < -0.4 is 4.72 Å².